The van der Waals surface area contributed by atoms with Gasteiger partial charge in [0.1, 0.15) is 11.6 Å². The molecule has 3 aromatic rings. The van der Waals surface area contributed by atoms with E-state index in [0.717, 1.165) is 22.6 Å². The minimum atomic E-state index is -0.191. The van der Waals surface area contributed by atoms with Gasteiger partial charge in [-0.2, -0.15) is 0 Å². The van der Waals surface area contributed by atoms with Gasteiger partial charge in [0.2, 0.25) is 0 Å². The first kappa shape index (κ1) is 20.9. The largest absolute Gasteiger partial charge is 0.352 e. The average Bonchev–Trinajstić information content (AvgIpc) is 3.14. The fraction of sp³-hybridized carbons (Fsp3) is 0.200. The molecular weight excluding hydrogens is 456 g/mol. The van der Waals surface area contributed by atoms with Crippen LogP contribution in [0.4, 0.5) is 4.39 Å². The van der Waals surface area contributed by atoms with Crippen molar-refractivity contribution < 1.29 is 4.39 Å². The highest BCUT2D eigenvalue weighted by atomic mass is 127. The number of H-pyrrole nitrogens is 1. The van der Waals surface area contributed by atoms with Crippen LogP contribution in [0.5, 0.6) is 0 Å². The van der Waals surface area contributed by atoms with E-state index in [1.54, 1.807) is 20.0 Å². The number of nitrogens with zero attached hydrogens (tertiary/aromatic N) is 2. The SMILES string of the molecule is CN=C(NCc1ccc(F)c(C)c1)NCc1ncc(-c2ccccc2)[nH]1.I. The van der Waals surface area contributed by atoms with E-state index in [0.29, 0.717) is 24.6 Å². The van der Waals surface area contributed by atoms with E-state index in [1.165, 1.54) is 6.07 Å². The Hall–Kier alpha value is -2.42. The second-order valence-electron chi connectivity index (χ2n) is 5.97. The van der Waals surface area contributed by atoms with Gasteiger partial charge in [-0.25, -0.2) is 9.37 Å². The van der Waals surface area contributed by atoms with Gasteiger partial charge in [0.05, 0.1) is 18.4 Å². The second kappa shape index (κ2) is 10.1. The van der Waals surface area contributed by atoms with Crippen LogP contribution >= 0.6 is 24.0 Å². The van der Waals surface area contributed by atoms with Crippen molar-refractivity contribution in [2.24, 2.45) is 4.99 Å². The molecule has 2 aromatic carbocycles. The van der Waals surface area contributed by atoms with Gasteiger partial charge in [-0.1, -0.05) is 42.5 Å². The summed E-state index contributed by atoms with van der Waals surface area (Å²) in [7, 11) is 1.71. The minimum Gasteiger partial charge on any atom is -0.352 e. The number of guanidine groups is 1. The highest BCUT2D eigenvalue weighted by Gasteiger charge is 2.05. The fourth-order valence-electron chi connectivity index (χ4n) is 2.61. The first-order valence-electron chi connectivity index (χ1n) is 8.44. The normalized spacial score (nSPS) is 11.0. The van der Waals surface area contributed by atoms with Crippen molar-refractivity contribution >= 4 is 29.9 Å². The summed E-state index contributed by atoms with van der Waals surface area (Å²) in [6.07, 6.45) is 1.82. The molecular formula is C20H23FIN5. The number of aliphatic imine (C=N–C) groups is 1. The first-order chi connectivity index (χ1) is 12.7. The Morgan fingerprint density at radius 2 is 1.85 bits per heavy atom. The smallest absolute Gasteiger partial charge is 0.191 e. The lowest BCUT2D eigenvalue weighted by Crippen LogP contribution is -2.36. The van der Waals surface area contributed by atoms with Gasteiger partial charge < -0.3 is 15.6 Å². The molecule has 0 fully saturated rings. The third-order valence-electron chi connectivity index (χ3n) is 4.04. The lowest BCUT2D eigenvalue weighted by molar-refractivity contribution is 0.617. The Bertz CT molecular complexity index is 892. The second-order valence-corrected chi connectivity index (χ2v) is 5.97. The molecule has 3 rings (SSSR count). The number of nitrogens with one attached hydrogen (secondary N) is 3. The van der Waals surface area contributed by atoms with E-state index in [2.05, 4.69) is 25.6 Å². The molecule has 7 heteroatoms. The van der Waals surface area contributed by atoms with Crippen LogP contribution in [0.25, 0.3) is 11.3 Å². The minimum absolute atomic E-state index is 0. The quantitative estimate of drug-likeness (QED) is 0.295. The maximum absolute atomic E-state index is 13.3. The number of imidazole rings is 1. The molecule has 27 heavy (non-hydrogen) atoms. The number of aryl methyl sites for hydroxylation is 1. The summed E-state index contributed by atoms with van der Waals surface area (Å²) >= 11 is 0. The van der Waals surface area contributed by atoms with Crippen LogP contribution in [0.2, 0.25) is 0 Å². The van der Waals surface area contributed by atoms with Gasteiger partial charge >= 0.3 is 0 Å². The zero-order valence-corrected chi connectivity index (χ0v) is 17.6. The van der Waals surface area contributed by atoms with E-state index in [9.17, 15) is 4.39 Å². The van der Waals surface area contributed by atoms with Crippen LogP contribution in [0.3, 0.4) is 0 Å². The molecule has 0 spiro atoms. The zero-order chi connectivity index (χ0) is 18.4. The number of hydrogen-bond acceptors (Lipinski definition) is 2. The highest BCUT2D eigenvalue weighted by molar-refractivity contribution is 14.0. The summed E-state index contributed by atoms with van der Waals surface area (Å²) in [5.74, 6) is 1.29. The molecule has 0 amide bonds. The third kappa shape index (κ3) is 5.78. The van der Waals surface area contributed by atoms with E-state index < -0.39 is 0 Å². The Labute approximate surface area is 175 Å². The monoisotopic (exact) mass is 479 g/mol. The molecule has 1 heterocycles. The van der Waals surface area contributed by atoms with E-state index in [-0.39, 0.29) is 29.8 Å². The van der Waals surface area contributed by atoms with Gasteiger partial charge in [0.15, 0.2) is 5.96 Å². The average molecular weight is 479 g/mol. The van der Waals surface area contributed by atoms with Crippen molar-refractivity contribution in [3.05, 3.63) is 77.5 Å². The van der Waals surface area contributed by atoms with Crippen LogP contribution < -0.4 is 10.6 Å². The van der Waals surface area contributed by atoms with Gasteiger partial charge in [0.25, 0.3) is 0 Å². The maximum atomic E-state index is 13.3. The number of aromatic amines is 1. The van der Waals surface area contributed by atoms with Crippen molar-refractivity contribution in [3.8, 4) is 11.3 Å². The standard InChI is InChI=1S/C20H22FN5.HI/c1-14-10-15(8-9-17(14)21)11-24-20(22-2)25-13-19-23-12-18(26-19)16-6-4-3-5-7-16;/h3-10,12H,11,13H2,1-2H3,(H,23,26)(H2,22,24,25);1H. The van der Waals surface area contributed by atoms with E-state index in [4.69, 9.17) is 0 Å². The zero-order valence-electron chi connectivity index (χ0n) is 15.3. The predicted molar refractivity (Wildman–Crippen MR) is 118 cm³/mol. The van der Waals surface area contributed by atoms with Gasteiger partial charge in [0, 0.05) is 13.6 Å². The van der Waals surface area contributed by atoms with Gasteiger partial charge in [-0.05, 0) is 29.7 Å². The van der Waals surface area contributed by atoms with Crippen LogP contribution in [-0.2, 0) is 13.1 Å². The van der Waals surface area contributed by atoms with Crippen molar-refractivity contribution in [2.75, 3.05) is 7.05 Å². The fourth-order valence-corrected chi connectivity index (χ4v) is 2.61. The van der Waals surface area contributed by atoms with E-state index in [1.807, 2.05) is 42.6 Å². The van der Waals surface area contributed by atoms with Crippen LogP contribution in [0.15, 0.2) is 59.7 Å². The number of aromatic nitrogens is 2. The molecule has 5 nitrogen and oxygen atoms in total. The van der Waals surface area contributed by atoms with Crippen molar-refractivity contribution in [2.45, 2.75) is 20.0 Å². The first-order valence-corrected chi connectivity index (χ1v) is 8.44. The molecule has 0 unspecified atom stereocenters. The van der Waals surface area contributed by atoms with E-state index >= 15 is 0 Å². The topological polar surface area (TPSA) is 65.1 Å². The molecule has 0 aliphatic rings. The Morgan fingerprint density at radius 1 is 1.11 bits per heavy atom. The molecule has 0 saturated carbocycles. The molecule has 3 N–H and O–H groups in total. The number of benzene rings is 2. The lowest BCUT2D eigenvalue weighted by Gasteiger charge is -2.11. The summed E-state index contributed by atoms with van der Waals surface area (Å²) in [6, 6.07) is 15.1. The van der Waals surface area contributed by atoms with Gasteiger partial charge in [-0.3, -0.25) is 4.99 Å². The molecule has 0 aliphatic carbocycles. The van der Waals surface area contributed by atoms with Crippen molar-refractivity contribution in [1.82, 2.24) is 20.6 Å². The Balaban J connectivity index is 0.00000261. The number of rotatable bonds is 5. The lowest BCUT2D eigenvalue weighted by atomic mass is 10.1. The molecule has 1 aromatic heterocycles. The number of halogens is 2. The van der Waals surface area contributed by atoms with Crippen LogP contribution in [0.1, 0.15) is 17.0 Å². The summed E-state index contributed by atoms with van der Waals surface area (Å²) in [5, 5.41) is 6.43. The summed E-state index contributed by atoms with van der Waals surface area (Å²) in [5.41, 5.74) is 3.71. The predicted octanol–water partition coefficient (Wildman–Crippen LogP) is 4.01. The Kier molecular flexibility index (Phi) is 7.78. The maximum Gasteiger partial charge on any atom is 0.191 e. The molecule has 0 radical (unpaired) electrons. The highest BCUT2D eigenvalue weighted by Crippen LogP contribution is 2.15. The van der Waals surface area contributed by atoms with Crippen molar-refractivity contribution in [1.29, 1.82) is 0 Å². The van der Waals surface area contributed by atoms with Crippen LogP contribution in [0, 0.1) is 12.7 Å². The molecule has 0 aliphatic heterocycles. The summed E-state index contributed by atoms with van der Waals surface area (Å²) < 4.78 is 13.3. The third-order valence-corrected chi connectivity index (χ3v) is 4.04. The molecule has 0 bridgehead atoms. The number of hydrogen-bond donors (Lipinski definition) is 3. The summed E-state index contributed by atoms with van der Waals surface area (Å²) in [4.78, 5) is 11.9. The Morgan fingerprint density at radius 3 is 2.56 bits per heavy atom. The van der Waals surface area contributed by atoms with Gasteiger partial charge in [-0.15, -0.1) is 24.0 Å². The van der Waals surface area contributed by atoms with Crippen molar-refractivity contribution in [3.63, 3.8) is 0 Å². The molecule has 0 atom stereocenters. The molecule has 0 saturated heterocycles. The molecule has 142 valence electrons. The summed E-state index contributed by atoms with van der Waals surface area (Å²) in [6.45, 7) is 2.84. The van der Waals surface area contributed by atoms with Crippen LogP contribution in [-0.4, -0.2) is 23.0 Å².